The van der Waals surface area contributed by atoms with E-state index in [1.54, 1.807) is 0 Å². The van der Waals surface area contributed by atoms with E-state index in [-0.39, 0.29) is 16.2 Å². The molecule has 0 fully saturated rings. The van der Waals surface area contributed by atoms with E-state index in [0.29, 0.717) is 0 Å². The van der Waals surface area contributed by atoms with Crippen LogP contribution in [0.15, 0.2) is 134 Å². The third-order valence-corrected chi connectivity index (χ3v) is 9.45. The lowest BCUT2D eigenvalue weighted by Crippen LogP contribution is -2.51. The molecule has 3 aromatic heterocycles. The van der Waals surface area contributed by atoms with Gasteiger partial charge in [-0.05, 0) is 64.4 Å². The Morgan fingerprint density at radius 1 is 0.556 bits per heavy atom. The molecule has 0 spiro atoms. The normalized spacial score (nSPS) is 12.7. The zero-order valence-corrected chi connectivity index (χ0v) is 27.0. The Balaban J connectivity index is 1.46. The van der Waals surface area contributed by atoms with Crippen molar-refractivity contribution in [3.05, 3.63) is 145 Å². The number of para-hydroxylation sites is 1. The van der Waals surface area contributed by atoms with Crippen LogP contribution in [-0.2, 0) is 5.41 Å². The molecule has 0 saturated carbocycles. The van der Waals surface area contributed by atoms with Crippen LogP contribution < -0.4 is 0 Å². The summed E-state index contributed by atoms with van der Waals surface area (Å²) in [6.07, 6.45) is 5.98. The number of fused-ring (bicyclic) bond motifs is 3. The minimum atomic E-state index is -0.357. The molecule has 224 valence electrons. The van der Waals surface area contributed by atoms with E-state index in [1.165, 1.54) is 21.9 Å². The second kappa shape index (κ2) is 10.6. The quantitative estimate of drug-likeness (QED) is 0.201. The molecule has 0 unspecified atom stereocenters. The summed E-state index contributed by atoms with van der Waals surface area (Å²) in [5, 5.41) is 7.21. The Labute approximate surface area is 266 Å². The number of nitrogens with zero attached hydrogens (tertiary/aromatic N) is 4. The summed E-state index contributed by atoms with van der Waals surface area (Å²) in [5.74, 6) is 0. The van der Waals surface area contributed by atoms with E-state index < -0.39 is 0 Å². The standard InChI is InChI=1S/C41H40N4/c1-39(2,3)41(40(4,5)6,38-21-12-13-24-42-38)31-17-14-18-33(25-31)45-36-20-11-10-19-34(36)35-23-22-32(26-37(35)45)44-28-30(27-43-44)29-15-8-7-9-16-29/h7-28H,1-6H3. The van der Waals surface area contributed by atoms with E-state index >= 15 is 0 Å². The minimum absolute atomic E-state index is 0.122. The van der Waals surface area contributed by atoms with Gasteiger partial charge in [0.15, 0.2) is 0 Å². The molecule has 7 rings (SSSR count). The van der Waals surface area contributed by atoms with Crippen molar-refractivity contribution < 1.29 is 0 Å². The summed E-state index contributed by atoms with van der Waals surface area (Å²) in [4.78, 5) is 5.01. The van der Waals surface area contributed by atoms with Crippen LogP contribution in [0.2, 0.25) is 0 Å². The number of aromatic nitrogens is 4. The smallest absolute Gasteiger partial charge is 0.0667 e. The van der Waals surface area contributed by atoms with Crippen molar-refractivity contribution in [1.29, 1.82) is 0 Å². The number of benzene rings is 4. The van der Waals surface area contributed by atoms with Gasteiger partial charge in [0.2, 0.25) is 0 Å². The zero-order valence-electron chi connectivity index (χ0n) is 27.0. The average Bonchev–Trinajstić information content (AvgIpc) is 3.64. The fraction of sp³-hybridized carbons (Fsp3) is 0.220. The first-order valence-corrected chi connectivity index (χ1v) is 15.8. The molecule has 0 aliphatic rings. The topological polar surface area (TPSA) is 35.6 Å². The molecule has 0 bridgehead atoms. The van der Waals surface area contributed by atoms with Crippen molar-refractivity contribution in [1.82, 2.24) is 19.3 Å². The molecule has 7 aromatic rings. The molecule has 4 aromatic carbocycles. The first kappa shape index (κ1) is 28.8. The van der Waals surface area contributed by atoms with Gasteiger partial charge in [-0.25, -0.2) is 4.68 Å². The maximum atomic E-state index is 5.01. The maximum Gasteiger partial charge on any atom is 0.0667 e. The van der Waals surface area contributed by atoms with Gasteiger partial charge in [-0.3, -0.25) is 4.98 Å². The van der Waals surface area contributed by atoms with Gasteiger partial charge in [-0.15, -0.1) is 0 Å². The summed E-state index contributed by atoms with van der Waals surface area (Å²) < 4.78 is 4.39. The predicted molar refractivity (Wildman–Crippen MR) is 187 cm³/mol. The van der Waals surface area contributed by atoms with Crippen LogP contribution in [-0.4, -0.2) is 19.3 Å². The highest BCUT2D eigenvalue weighted by atomic mass is 15.3. The van der Waals surface area contributed by atoms with E-state index in [1.807, 2.05) is 29.2 Å². The Morgan fingerprint density at radius 2 is 1.27 bits per heavy atom. The van der Waals surface area contributed by atoms with Gasteiger partial charge in [0.25, 0.3) is 0 Å². The lowest BCUT2D eigenvalue weighted by Gasteiger charge is -2.54. The van der Waals surface area contributed by atoms with E-state index in [4.69, 9.17) is 10.1 Å². The monoisotopic (exact) mass is 588 g/mol. The molecule has 0 aliphatic heterocycles. The molecular weight excluding hydrogens is 548 g/mol. The molecule has 0 saturated heterocycles. The number of hydrogen-bond donors (Lipinski definition) is 0. The van der Waals surface area contributed by atoms with Crippen LogP contribution in [0.3, 0.4) is 0 Å². The summed E-state index contributed by atoms with van der Waals surface area (Å²) >= 11 is 0. The summed E-state index contributed by atoms with van der Waals surface area (Å²) in [5.41, 5.74) is 8.51. The number of hydrogen-bond acceptors (Lipinski definition) is 2. The molecule has 4 nitrogen and oxygen atoms in total. The Hall–Kier alpha value is -4.96. The van der Waals surface area contributed by atoms with Crippen LogP contribution in [0, 0.1) is 10.8 Å². The Kier molecular flexibility index (Phi) is 6.77. The molecule has 45 heavy (non-hydrogen) atoms. The van der Waals surface area contributed by atoms with Crippen molar-refractivity contribution in [3.63, 3.8) is 0 Å². The number of pyridine rings is 1. The Morgan fingerprint density at radius 3 is 2.00 bits per heavy atom. The predicted octanol–water partition coefficient (Wildman–Crippen LogP) is 10.4. The lowest BCUT2D eigenvalue weighted by molar-refractivity contribution is 0.0865. The first-order chi connectivity index (χ1) is 21.6. The molecule has 0 atom stereocenters. The van der Waals surface area contributed by atoms with Gasteiger partial charge in [0.1, 0.15) is 0 Å². The first-order valence-electron chi connectivity index (χ1n) is 15.8. The van der Waals surface area contributed by atoms with Crippen molar-refractivity contribution in [2.45, 2.75) is 47.0 Å². The highest BCUT2D eigenvalue weighted by molar-refractivity contribution is 6.09. The highest BCUT2D eigenvalue weighted by Crippen LogP contribution is 2.57. The second-order valence-corrected chi connectivity index (χ2v) is 14.1. The van der Waals surface area contributed by atoms with Gasteiger partial charge in [0, 0.05) is 39.8 Å². The van der Waals surface area contributed by atoms with Crippen molar-refractivity contribution in [3.8, 4) is 22.5 Å². The molecule has 0 aliphatic carbocycles. The van der Waals surface area contributed by atoms with Crippen molar-refractivity contribution >= 4 is 21.8 Å². The SMILES string of the molecule is CC(C)(C)C(c1cccc(-n2c3ccccc3c3ccc(-n4cc(-c5ccccc5)cn4)cc32)c1)(c1ccccn1)C(C)(C)C. The fourth-order valence-corrected chi connectivity index (χ4v) is 7.99. The highest BCUT2D eigenvalue weighted by Gasteiger charge is 2.54. The van der Waals surface area contributed by atoms with Crippen molar-refractivity contribution in [2.24, 2.45) is 10.8 Å². The van der Waals surface area contributed by atoms with E-state index in [9.17, 15) is 0 Å². The zero-order chi connectivity index (χ0) is 31.4. The summed E-state index contributed by atoms with van der Waals surface area (Å²) in [7, 11) is 0. The minimum Gasteiger partial charge on any atom is -0.309 e. The summed E-state index contributed by atoms with van der Waals surface area (Å²) in [6.45, 7) is 14.1. The molecule has 0 radical (unpaired) electrons. The number of rotatable bonds is 5. The largest absolute Gasteiger partial charge is 0.309 e. The van der Waals surface area contributed by atoms with Crippen LogP contribution in [0.5, 0.6) is 0 Å². The Bertz CT molecular complexity index is 2110. The molecule has 4 heteroatoms. The average molecular weight is 589 g/mol. The van der Waals surface area contributed by atoms with Gasteiger partial charge in [0.05, 0.1) is 28.6 Å². The van der Waals surface area contributed by atoms with Crippen LogP contribution in [0.1, 0.15) is 52.8 Å². The third-order valence-electron chi connectivity index (χ3n) is 9.45. The molecule has 0 N–H and O–H groups in total. The molecular formula is C41H40N4. The third kappa shape index (κ3) is 4.59. The molecule has 0 amide bonds. The van der Waals surface area contributed by atoms with Crippen molar-refractivity contribution in [2.75, 3.05) is 0 Å². The van der Waals surface area contributed by atoms with Crippen LogP contribution in [0.4, 0.5) is 0 Å². The van der Waals surface area contributed by atoms with E-state index in [2.05, 4.69) is 155 Å². The van der Waals surface area contributed by atoms with E-state index in [0.717, 1.165) is 33.7 Å². The maximum absolute atomic E-state index is 5.01. The van der Waals surface area contributed by atoms with Gasteiger partial charge in [-0.1, -0.05) is 114 Å². The lowest BCUT2D eigenvalue weighted by atomic mass is 9.49. The van der Waals surface area contributed by atoms with Crippen LogP contribution in [0.25, 0.3) is 44.3 Å². The van der Waals surface area contributed by atoms with Gasteiger partial charge >= 0.3 is 0 Å². The van der Waals surface area contributed by atoms with Crippen LogP contribution >= 0.6 is 0 Å². The van der Waals surface area contributed by atoms with Gasteiger partial charge in [-0.2, -0.15) is 5.10 Å². The van der Waals surface area contributed by atoms with Gasteiger partial charge < -0.3 is 4.57 Å². The molecule has 3 heterocycles. The second-order valence-electron chi connectivity index (χ2n) is 14.1. The summed E-state index contributed by atoms with van der Waals surface area (Å²) in [6, 6.07) is 41.2. The fourth-order valence-electron chi connectivity index (χ4n) is 7.99.